The van der Waals surface area contributed by atoms with E-state index in [0.717, 1.165) is 12.1 Å². The summed E-state index contributed by atoms with van der Waals surface area (Å²) in [5, 5.41) is 9.21. The van der Waals surface area contributed by atoms with Crippen molar-refractivity contribution >= 4 is 16.0 Å². The van der Waals surface area contributed by atoms with E-state index in [4.69, 9.17) is 0 Å². The van der Waals surface area contributed by atoms with Gasteiger partial charge in [0.25, 0.3) is 0 Å². The number of hydrogen-bond donors (Lipinski definition) is 2. The van der Waals surface area contributed by atoms with Crippen molar-refractivity contribution < 1.29 is 22.7 Å². The molecule has 0 bridgehead atoms. The Labute approximate surface area is 110 Å². The van der Waals surface area contributed by atoms with Crippen LogP contribution in [0.2, 0.25) is 0 Å². The largest absolute Gasteiger partial charge is 0.480 e. The first-order valence-electron chi connectivity index (χ1n) is 5.78. The van der Waals surface area contributed by atoms with Gasteiger partial charge in [-0.25, -0.2) is 12.8 Å². The maximum atomic E-state index is 13.1. The van der Waals surface area contributed by atoms with Crippen LogP contribution in [0.4, 0.5) is 4.39 Å². The Balaban J connectivity index is 2.33. The Kier molecular flexibility index (Phi) is 3.36. The molecular formula is C12H14FNO4S. The van der Waals surface area contributed by atoms with E-state index in [2.05, 4.69) is 4.72 Å². The molecule has 1 aromatic carbocycles. The number of carbonyl (C=O) groups is 1. The van der Waals surface area contributed by atoms with E-state index in [1.165, 1.54) is 19.1 Å². The SMILES string of the molecule is CC(NS(=O)(=O)c1cccc(F)c1)(C(=O)O)C1CC1. The summed E-state index contributed by atoms with van der Waals surface area (Å²) < 4.78 is 39.4. The minimum atomic E-state index is -4.06. The molecule has 104 valence electrons. The summed E-state index contributed by atoms with van der Waals surface area (Å²) in [6.07, 6.45) is 1.32. The second kappa shape index (κ2) is 4.57. The van der Waals surface area contributed by atoms with Gasteiger partial charge < -0.3 is 5.11 Å². The molecule has 19 heavy (non-hydrogen) atoms. The minimum Gasteiger partial charge on any atom is -0.480 e. The Hall–Kier alpha value is -1.47. The zero-order chi connectivity index (χ0) is 14.3. The molecule has 0 spiro atoms. The third-order valence-electron chi connectivity index (χ3n) is 3.29. The van der Waals surface area contributed by atoms with Crippen LogP contribution in [0.1, 0.15) is 19.8 Å². The summed E-state index contributed by atoms with van der Waals surface area (Å²) in [6, 6.07) is 4.47. The van der Waals surface area contributed by atoms with E-state index in [0.29, 0.717) is 12.8 Å². The van der Waals surface area contributed by atoms with Gasteiger partial charge in [0.2, 0.25) is 10.0 Å². The number of benzene rings is 1. The van der Waals surface area contributed by atoms with E-state index in [1.54, 1.807) is 0 Å². The van der Waals surface area contributed by atoms with Crippen molar-refractivity contribution in [3.8, 4) is 0 Å². The van der Waals surface area contributed by atoms with Crippen LogP contribution in [0.15, 0.2) is 29.2 Å². The third kappa shape index (κ3) is 2.76. The summed E-state index contributed by atoms with van der Waals surface area (Å²) in [5.74, 6) is -2.14. The van der Waals surface area contributed by atoms with Crippen molar-refractivity contribution in [2.75, 3.05) is 0 Å². The van der Waals surface area contributed by atoms with Gasteiger partial charge in [-0.15, -0.1) is 0 Å². The van der Waals surface area contributed by atoms with Crippen LogP contribution >= 0.6 is 0 Å². The molecule has 0 heterocycles. The molecule has 0 aromatic heterocycles. The highest BCUT2D eigenvalue weighted by Crippen LogP contribution is 2.40. The lowest BCUT2D eigenvalue weighted by Crippen LogP contribution is -2.53. The van der Waals surface area contributed by atoms with E-state index in [1.807, 2.05) is 0 Å². The molecule has 1 aliphatic carbocycles. The molecule has 0 aliphatic heterocycles. The van der Waals surface area contributed by atoms with Crippen molar-refractivity contribution in [3.63, 3.8) is 0 Å². The number of hydrogen-bond acceptors (Lipinski definition) is 3. The summed E-state index contributed by atoms with van der Waals surface area (Å²) in [5.41, 5.74) is -1.55. The van der Waals surface area contributed by atoms with Gasteiger partial charge in [0.1, 0.15) is 11.4 Å². The van der Waals surface area contributed by atoms with Crippen molar-refractivity contribution in [2.24, 2.45) is 5.92 Å². The highest BCUT2D eigenvalue weighted by Gasteiger charge is 2.50. The van der Waals surface area contributed by atoms with Gasteiger partial charge in [0.05, 0.1) is 4.90 Å². The van der Waals surface area contributed by atoms with Gasteiger partial charge in [-0.1, -0.05) is 6.07 Å². The predicted molar refractivity (Wildman–Crippen MR) is 65.5 cm³/mol. The number of halogens is 1. The fourth-order valence-electron chi connectivity index (χ4n) is 1.93. The molecule has 7 heteroatoms. The quantitative estimate of drug-likeness (QED) is 0.856. The van der Waals surface area contributed by atoms with Crippen molar-refractivity contribution in [1.29, 1.82) is 0 Å². The van der Waals surface area contributed by atoms with Crippen molar-refractivity contribution in [2.45, 2.75) is 30.2 Å². The number of sulfonamides is 1. The van der Waals surface area contributed by atoms with Crippen LogP contribution in [0.25, 0.3) is 0 Å². The number of carboxylic acids is 1. The van der Waals surface area contributed by atoms with E-state index in [9.17, 15) is 22.7 Å². The summed E-state index contributed by atoms with van der Waals surface area (Å²) >= 11 is 0. The van der Waals surface area contributed by atoms with Crippen LogP contribution in [0.3, 0.4) is 0 Å². The lowest BCUT2D eigenvalue weighted by Gasteiger charge is -2.25. The first kappa shape index (κ1) is 14.0. The maximum Gasteiger partial charge on any atom is 0.324 e. The molecule has 1 aromatic rings. The van der Waals surface area contributed by atoms with Gasteiger partial charge in [-0.05, 0) is 43.9 Å². The van der Waals surface area contributed by atoms with Crippen LogP contribution < -0.4 is 4.72 Å². The summed E-state index contributed by atoms with van der Waals surface area (Å²) in [6.45, 7) is 1.34. The number of rotatable bonds is 5. The van der Waals surface area contributed by atoms with E-state index < -0.39 is 27.3 Å². The zero-order valence-corrected chi connectivity index (χ0v) is 11.1. The van der Waals surface area contributed by atoms with Crippen LogP contribution in [-0.2, 0) is 14.8 Å². The topological polar surface area (TPSA) is 83.5 Å². The minimum absolute atomic E-state index is 0.228. The lowest BCUT2D eigenvalue weighted by atomic mass is 9.98. The van der Waals surface area contributed by atoms with Crippen LogP contribution in [0.5, 0.6) is 0 Å². The fraction of sp³-hybridized carbons (Fsp3) is 0.417. The summed E-state index contributed by atoms with van der Waals surface area (Å²) in [7, 11) is -4.06. The molecule has 0 saturated heterocycles. The Morgan fingerprint density at radius 1 is 1.47 bits per heavy atom. The van der Waals surface area contributed by atoms with Gasteiger partial charge in [-0.2, -0.15) is 4.72 Å². The van der Waals surface area contributed by atoms with Gasteiger partial charge >= 0.3 is 5.97 Å². The molecule has 0 radical (unpaired) electrons. The molecule has 1 saturated carbocycles. The third-order valence-corrected chi connectivity index (χ3v) is 4.86. The Morgan fingerprint density at radius 3 is 2.58 bits per heavy atom. The Bertz CT molecular complexity index is 612. The molecule has 2 N–H and O–H groups in total. The number of aliphatic carboxylic acids is 1. The van der Waals surface area contributed by atoms with Gasteiger partial charge in [-0.3, -0.25) is 4.79 Å². The zero-order valence-electron chi connectivity index (χ0n) is 10.3. The van der Waals surface area contributed by atoms with Crippen molar-refractivity contribution in [1.82, 2.24) is 4.72 Å². The highest BCUT2D eigenvalue weighted by atomic mass is 32.2. The van der Waals surface area contributed by atoms with E-state index >= 15 is 0 Å². The van der Waals surface area contributed by atoms with Gasteiger partial charge in [0, 0.05) is 0 Å². The molecule has 1 atom stereocenters. The number of nitrogens with one attached hydrogen (secondary N) is 1. The Morgan fingerprint density at radius 2 is 2.11 bits per heavy atom. The average Bonchev–Trinajstić information content (AvgIpc) is 3.12. The predicted octanol–water partition coefficient (Wildman–Crippen LogP) is 1.36. The monoisotopic (exact) mass is 287 g/mol. The average molecular weight is 287 g/mol. The second-order valence-electron chi connectivity index (χ2n) is 4.84. The smallest absolute Gasteiger partial charge is 0.324 e. The highest BCUT2D eigenvalue weighted by molar-refractivity contribution is 7.89. The molecule has 2 rings (SSSR count). The number of carboxylic acid groups (broad SMARTS) is 1. The normalized spacial score (nSPS) is 18.8. The van der Waals surface area contributed by atoms with Gasteiger partial charge in [0.15, 0.2) is 0 Å². The van der Waals surface area contributed by atoms with Crippen LogP contribution in [0, 0.1) is 11.7 Å². The maximum absolute atomic E-state index is 13.1. The van der Waals surface area contributed by atoms with Crippen molar-refractivity contribution in [3.05, 3.63) is 30.1 Å². The molecule has 1 unspecified atom stereocenters. The molecule has 1 aliphatic rings. The van der Waals surface area contributed by atoms with E-state index in [-0.39, 0.29) is 10.8 Å². The lowest BCUT2D eigenvalue weighted by molar-refractivity contribution is -0.144. The second-order valence-corrected chi connectivity index (χ2v) is 6.53. The first-order chi connectivity index (χ1) is 8.75. The molecule has 0 amide bonds. The molecule has 5 nitrogen and oxygen atoms in total. The van der Waals surface area contributed by atoms with Crippen LogP contribution in [-0.4, -0.2) is 25.0 Å². The first-order valence-corrected chi connectivity index (χ1v) is 7.27. The molecule has 1 fully saturated rings. The molecular weight excluding hydrogens is 273 g/mol. The summed E-state index contributed by atoms with van der Waals surface area (Å²) in [4.78, 5) is 11.0. The standard InChI is InChI=1S/C12H14FNO4S/c1-12(11(15)16,8-5-6-8)14-19(17,18)10-4-2-3-9(13)7-10/h2-4,7-8,14H,5-6H2,1H3,(H,15,16). The fourth-order valence-corrected chi connectivity index (χ4v) is 3.39.